The predicted octanol–water partition coefficient (Wildman–Crippen LogP) is 3.49. The third kappa shape index (κ3) is 4.46. The Balaban J connectivity index is 2.00. The summed E-state index contributed by atoms with van der Waals surface area (Å²) >= 11 is 7.21. The van der Waals surface area contributed by atoms with Crippen LogP contribution in [-0.2, 0) is 7.05 Å². The summed E-state index contributed by atoms with van der Waals surface area (Å²) in [5.41, 5.74) is 1.01. The van der Waals surface area contributed by atoms with E-state index < -0.39 is 10.8 Å². The van der Waals surface area contributed by atoms with Crippen LogP contribution in [0, 0.1) is 17.0 Å². The number of rotatable bonds is 6. The molecule has 0 saturated heterocycles. The molecule has 0 unspecified atom stereocenters. The molecule has 150 valence electrons. The van der Waals surface area contributed by atoms with E-state index in [1.807, 2.05) is 0 Å². The Kier molecular flexibility index (Phi) is 5.99. The van der Waals surface area contributed by atoms with Gasteiger partial charge in [-0.15, -0.1) is 5.10 Å². The summed E-state index contributed by atoms with van der Waals surface area (Å²) in [6.07, 6.45) is 0. The number of aryl methyl sites for hydroxylation is 2. The number of methoxy groups -OCH3 is 1. The number of aromatic nitrogens is 4. The molecule has 0 radical (unpaired) electrons. The fourth-order valence-electron chi connectivity index (χ4n) is 2.42. The molecule has 0 aliphatic carbocycles. The summed E-state index contributed by atoms with van der Waals surface area (Å²) in [5, 5.41) is 26.0. The number of hydrogen-bond donors (Lipinski definition) is 1. The number of tetrazole rings is 1. The van der Waals surface area contributed by atoms with Gasteiger partial charge in [-0.25, -0.2) is 4.68 Å². The number of nitrogens with zero attached hydrogens (tertiary/aromatic N) is 5. The van der Waals surface area contributed by atoms with Crippen molar-refractivity contribution in [2.45, 2.75) is 17.0 Å². The van der Waals surface area contributed by atoms with Crippen LogP contribution in [0.1, 0.15) is 15.9 Å². The van der Waals surface area contributed by atoms with E-state index in [4.69, 9.17) is 16.3 Å². The van der Waals surface area contributed by atoms with Crippen molar-refractivity contribution < 1.29 is 14.5 Å². The predicted molar refractivity (Wildman–Crippen MR) is 107 cm³/mol. The fraction of sp³-hybridized carbons (Fsp3) is 0.176. The third-order valence-corrected chi connectivity index (χ3v) is 5.44. The zero-order valence-corrected chi connectivity index (χ0v) is 17.1. The van der Waals surface area contributed by atoms with Crippen LogP contribution in [0.25, 0.3) is 0 Å². The van der Waals surface area contributed by atoms with Gasteiger partial charge in [0.15, 0.2) is 0 Å². The molecule has 0 aliphatic heterocycles. The molecule has 0 spiro atoms. The van der Waals surface area contributed by atoms with Gasteiger partial charge in [-0.3, -0.25) is 14.9 Å². The molecule has 29 heavy (non-hydrogen) atoms. The minimum Gasteiger partial charge on any atom is -0.495 e. The summed E-state index contributed by atoms with van der Waals surface area (Å²) in [7, 11) is 3.10. The molecule has 3 aromatic rings. The van der Waals surface area contributed by atoms with E-state index >= 15 is 0 Å². The number of hydrogen-bond acceptors (Lipinski definition) is 8. The molecule has 0 fully saturated rings. The number of nitrogens with one attached hydrogen (secondary N) is 1. The molecule has 1 aromatic heterocycles. The van der Waals surface area contributed by atoms with Crippen molar-refractivity contribution in [3.05, 3.63) is 56.6 Å². The molecule has 1 heterocycles. The number of nitro groups is 1. The molecule has 12 heteroatoms. The summed E-state index contributed by atoms with van der Waals surface area (Å²) in [6, 6.07) is 7.25. The SMILES string of the molecule is COc1cc(Cl)c(C)cc1NC(=O)c1cc([N+](=O)[O-])ccc1Sc1nnnn1C. The number of non-ortho nitro benzene ring substituents is 1. The Morgan fingerprint density at radius 3 is 2.72 bits per heavy atom. The van der Waals surface area contributed by atoms with E-state index in [2.05, 4.69) is 20.8 Å². The van der Waals surface area contributed by atoms with Gasteiger partial charge in [0.2, 0.25) is 5.16 Å². The maximum Gasteiger partial charge on any atom is 0.270 e. The van der Waals surface area contributed by atoms with Crippen LogP contribution < -0.4 is 10.1 Å². The van der Waals surface area contributed by atoms with Crippen LogP contribution in [0.4, 0.5) is 11.4 Å². The number of ether oxygens (including phenoxy) is 1. The first-order valence-electron chi connectivity index (χ1n) is 8.14. The second kappa shape index (κ2) is 8.45. The summed E-state index contributed by atoms with van der Waals surface area (Å²) in [6.45, 7) is 1.78. The van der Waals surface area contributed by atoms with Gasteiger partial charge in [-0.1, -0.05) is 11.6 Å². The number of nitro benzene ring substituents is 1. The van der Waals surface area contributed by atoms with Crippen LogP contribution in [-0.4, -0.2) is 38.1 Å². The lowest BCUT2D eigenvalue weighted by molar-refractivity contribution is -0.384. The van der Waals surface area contributed by atoms with Gasteiger partial charge in [0.05, 0.1) is 23.3 Å². The van der Waals surface area contributed by atoms with E-state index in [0.717, 1.165) is 17.3 Å². The van der Waals surface area contributed by atoms with Crippen molar-refractivity contribution in [1.82, 2.24) is 20.2 Å². The Labute approximate surface area is 174 Å². The van der Waals surface area contributed by atoms with Crippen LogP contribution in [0.2, 0.25) is 5.02 Å². The van der Waals surface area contributed by atoms with Crippen molar-refractivity contribution in [2.75, 3.05) is 12.4 Å². The maximum absolute atomic E-state index is 13.0. The fourth-order valence-corrected chi connectivity index (χ4v) is 3.42. The Bertz CT molecular complexity index is 1100. The van der Waals surface area contributed by atoms with Gasteiger partial charge in [0.1, 0.15) is 5.75 Å². The molecule has 1 amide bonds. The summed E-state index contributed by atoms with van der Waals surface area (Å²) < 4.78 is 6.70. The van der Waals surface area contributed by atoms with E-state index in [0.29, 0.717) is 26.5 Å². The monoisotopic (exact) mass is 434 g/mol. The highest BCUT2D eigenvalue weighted by molar-refractivity contribution is 7.99. The number of halogens is 1. The van der Waals surface area contributed by atoms with Crippen LogP contribution in [0.5, 0.6) is 5.75 Å². The minimum absolute atomic E-state index is 0.0989. The van der Waals surface area contributed by atoms with Crippen LogP contribution in [0.3, 0.4) is 0 Å². The first kappa shape index (κ1) is 20.6. The normalized spacial score (nSPS) is 10.6. The Morgan fingerprint density at radius 2 is 2.10 bits per heavy atom. The van der Waals surface area contributed by atoms with Gasteiger partial charge < -0.3 is 10.1 Å². The molecule has 3 rings (SSSR count). The average molecular weight is 435 g/mol. The molecule has 0 atom stereocenters. The van der Waals surface area contributed by atoms with Gasteiger partial charge in [-0.2, -0.15) is 0 Å². The number of carbonyl (C=O) groups is 1. The zero-order valence-electron chi connectivity index (χ0n) is 15.5. The molecular weight excluding hydrogens is 420 g/mol. The Morgan fingerprint density at radius 1 is 1.34 bits per heavy atom. The zero-order chi connectivity index (χ0) is 21.1. The lowest BCUT2D eigenvalue weighted by Crippen LogP contribution is -2.14. The first-order chi connectivity index (χ1) is 13.8. The van der Waals surface area contributed by atoms with E-state index in [9.17, 15) is 14.9 Å². The van der Waals surface area contributed by atoms with E-state index in [1.165, 1.54) is 30.0 Å². The Hall–Kier alpha value is -3.18. The smallest absolute Gasteiger partial charge is 0.270 e. The van der Waals surface area contributed by atoms with Gasteiger partial charge in [-0.05, 0) is 46.8 Å². The molecule has 2 aromatic carbocycles. The van der Waals surface area contributed by atoms with Crippen LogP contribution in [0.15, 0.2) is 40.4 Å². The van der Waals surface area contributed by atoms with Gasteiger partial charge in [0, 0.05) is 35.2 Å². The van der Waals surface area contributed by atoms with Gasteiger partial charge >= 0.3 is 0 Å². The highest BCUT2D eigenvalue weighted by Crippen LogP contribution is 2.34. The highest BCUT2D eigenvalue weighted by atomic mass is 35.5. The number of anilines is 1. The van der Waals surface area contributed by atoms with Crippen LogP contribution >= 0.6 is 23.4 Å². The topological polar surface area (TPSA) is 125 Å². The molecule has 0 saturated carbocycles. The molecule has 1 N–H and O–H groups in total. The minimum atomic E-state index is -0.567. The van der Waals surface area contributed by atoms with E-state index in [1.54, 1.807) is 26.1 Å². The quantitative estimate of drug-likeness (QED) is 0.461. The summed E-state index contributed by atoms with van der Waals surface area (Å²) in [4.78, 5) is 24.1. The molecular formula is C17H15ClN6O4S. The second-order valence-electron chi connectivity index (χ2n) is 5.88. The first-order valence-corrected chi connectivity index (χ1v) is 9.33. The number of benzene rings is 2. The summed E-state index contributed by atoms with van der Waals surface area (Å²) in [5.74, 6) is -0.183. The second-order valence-corrected chi connectivity index (χ2v) is 7.30. The van der Waals surface area contributed by atoms with Crippen molar-refractivity contribution in [3.63, 3.8) is 0 Å². The standard InChI is InChI=1S/C17H15ClN6O4S/c1-9-6-13(14(28-3)8-12(9)18)19-16(25)11-7-10(24(26)27)4-5-15(11)29-17-20-21-22-23(17)2/h4-8H,1-3H3,(H,19,25). The molecule has 0 bridgehead atoms. The van der Waals surface area contributed by atoms with Crippen molar-refractivity contribution in [3.8, 4) is 5.75 Å². The average Bonchev–Trinajstić information content (AvgIpc) is 3.09. The van der Waals surface area contributed by atoms with Crippen molar-refractivity contribution in [1.29, 1.82) is 0 Å². The number of carbonyl (C=O) groups excluding carboxylic acids is 1. The van der Waals surface area contributed by atoms with E-state index in [-0.39, 0.29) is 11.3 Å². The van der Waals surface area contributed by atoms with Crippen molar-refractivity contribution >= 4 is 40.6 Å². The highest BCUT2D eigenvalue weighted by Gasteiger charge is 2.21. The number of amides is 1. The van der Waals surface area contributed by atoms with Crippen molar-refractivity contribution in [2.24, 2.45) is 7.05 Å². The lowest BCUT2D eigenvalue weighted by atomic mass is 10.1. The third-order valence-electron chi connectivity index (χ3n) is 3.93. The largest absolute Gasteiger partial charge is 0.495 e. The lowest BCUT2D eigenvalue weighted by Gasteiger charge is -2.13. The molecule has 10 nitrogen and oxygen atoms in total. The van der Waals surface area contributed by atoms with Gasteiger partial charge in [0.25, 0.3) is 11.6 Å². The maximum atomic E-state index is 13.0. The molecule has 0 aliphatic rings.